The van der Waals surface area contributed by atoms with Crippen molar-refractivity contribution in [2.75, 3.05) is 6.61 Å². The summed E-state index contributed by atoms with van der Waals surface area (Å²) in [6.07, 6.45) is 9.82. The number of nitrogens with two attached hydrogens (primary N) is 2. The van der Waals surface area contributed by atoms with Crippen LogP contribution in [0.15, 0.2) is 9.98 Å². The van der Waals surface area contributed by atoms with E-state index >= 15 is 0 Å². The molecule has 1 heterocycles. The fraction of sp³-hybridized carbons (Fsp3) is 0.882. The van der Waals surface area contributed by atoms with E-state index in [1.165, 1.54) is 30.7 Å². The third kappa shape index (κ3) is 7.49. The van der Waals surface area contributed by atoms with Crippen molar-refractivity contribution in [3.8, 4) is 0 Å². The number of hydrogen-bond donors (Lipinski definition) is 3. The molecule has 0 aromatic rings. The van der Waals surface area contributed by atoms with E-state index in [1.54, 1.807) is 0 Å². The van der Waals surface area contributed by atoms with Gasteiger partial charge in [-0.2, -0.15) is 10.1 Å². The minimum absolute atomic E-state index is 0.114. The minimum atomic E-state index is -0.626. The monoisotopic (exact) mass is 341 g/mol. The highest BCUT2D eigenvalue weighted by atomic mass is 16.7. The van der Waals surface area contributed by atoms with Crippen LogP contribution in [0.1, 0.15) is 78.6 Å². The van der Waals surface area contributed by atoms with E-state index in [4.69, 9.17) is 16.3 Å². The lowest BCUT2D eigenvalue weighted by atomic mass is 10.1. The van der Waals surface area contributed by atoms with Crippen molar-refractivity contribution in [2.45, 2.75) is 90.3 Å². The molecule has 1 atom stereocenters. The van der Waals surface area contributed by atoms with E-state index in [-0.39, 0.29) is 18.0 Å². The zero-order valence-electron chi connectivity index (χ0n) is 15.5. The molecule has 1 rings (SSSR count). The molecule has 0 aromatic carbocycles. The van der Waals surface area contributed by atoms with Gasteiger partial charge in [0.1, 0.15) is 0 Å². The van der Waals surface area contributed by atoms with E-state index in [9.17, 15) is 5.11 Å². The van der Waals surface area contributed by atoms with E-state index in [0.717, 1.165) is 32.1 Å². The molecule has 0 aliphatic carbocycles. The highest BCUT2D eigenvalue weighted by Crippen LogP contribution is 2.20. The van der Waals surface area contributed by atoms with Gasteiger partial charge in [-0.05, 0) is 33.1 Å². The first-order valence-corrected chi connectivity index (χ1v) is 9.17. The van der Waals surface area contributed by atoms with Gasteiger partial charge in [0.05, 0.1) is 12.7 Å². The highest BCUT2D eigenvalue weighted by Gasteiger charge is 2.32. The highest BCUT2D eigenvalue weighted by molar-refractivity contribution is 5.95. The van der Waals surface area contributed by atoms with Crippen LogP contribution in [-0.2, 0) is 4.84 Å². The second-order valence-electron chi connectivity index (χ2n) is 6.89. The van der Waals surface area contributed by atoms with E-state index in [1.807, 2.05) is 20.8 Å². The van der Waals surface area contributed by atoms with Gasteiger partial charge in [0.15, 0.2) is 5.66 Å². The summed E-state index contributed by atoms with van der Waals surface area (Å²) in [4.78, 5) is 13.9. The molecule has 0 saturated carbocycles. The van der Waals surface area contributed by atoms with Gasteiger partial charge in [0.25, 0.3) is 0 Å². The first-order chi connectivity index (χ1) is 11.4. The second kappa shape index (κ2) is 10.5. The Morgan fingerprint density at radius 1 is 1.08 bits per heavy atom. The number of aliphatic hydroxyl groups excluding tert-OH is 1. The fourth-order valence-electron chi connectivity index (χ4n) is 2.74. The number of unbranched alkanes of at least 4 members (excludes halogenated alkanes) is 6. The molecular weight excluding hydrogens is 306 g/mol. The van der Waals surface area contributed by atoms with Crippen molar-refractivity contribution in [3.63, 3.8) is 0 Å². The molecule has 1 aliphatic rings. The summed E-state index contributed by atoms with van der Waals surface area (Å²) in [5.41, 5.74) is 10.8. The summed E-state index contributed by atoms with van der Waals surface area (Å²) >= 11 is 0. The van der Waals surface area contributed by atoms with Gasteiger partial charge in [-0.1, -0.05) is 45.4 Å². The Balaban J connectivity index is 2.04. The van der Waals surface area contributed by atoms with Gasteiger partial charge in [-0.25, -0.2) is 4.99 Å². The van der Waals surface area contributed by atoms with Gasteiger partial charge in [-0.15, -0.1) is 0 Å². The van der Waals surface area contributed by atoms with Gasteiger partial charge in [0.2, 0.25) is 11.9 Å². The van der Waals surface area contributed by atoms with Crippen LogP contribution in [0, 0.1) is 0 Å². The molecule has 0 fully saturated rings. The first kappa shape index (κ1) is 20.7. The van der Waals surface area contributed by atoms with Gasteiger partial charge in [-0.3, -0.25) is 4.84 Å². The fourth-order valence-corrected chi connectivity index (χ4v) is 2.74. The number of rotatable bonds is 12. The Morgan fingerprint density at radius 2 is 1.67 bits per heavy atom. The maximum atomic E-state index is 9.49. The van der Waals surface area contributed by atoms with Crippen molar-refractivity contribution < 1.29 is 9.94 Å². The largest absolute Gasteiger partial charge is 0.393 e. The quantitative estimate of drug-likeness (QED) is 0.472. The van der Waals surface area contributed by atoms with E-state index in [0.29, 0.717) is 6.61 Å². The standard InChI is InChI=1S/C17H35N5O2/c1-4-14(23)12-10-8-6-5-7-9-11-13-24-22-16(19)20-15(18)21-17(22,2)3/h14,23H,4-13H2,1-3H3,(H4,18,19,20,21). The second-order valence-corrected chi connectivity index (χ2v) is 6.89. The molecule has 1 aliphatic heterocycles. The van der Waals surface area contributed by atoms with Crippen LogP contribution < -0.4 is 11.5 Å². The SMILES string of the molecule is CCC(O)CCCCCCCCCON1C(N)=NC(N)=NC1(C)C. The normalized spacial score (nSPS) is 18.2. The summed E-state index contributed by atoms with van der Waals surface area (Å²) in [6.45, 7) is 6.39. The Labute approximate surface area is 146 Å². The number of nitrogens with zero attached hydrogens (tertiary/aromatic N) is 3. The Kier molecular flexibility index (Phi) is 9.07. The molecule has 7 heteroatoms. The molecule has 0 saturated heterocycles. The van der Waals surface area contributed by atoms with E-state index < -0.39 is 5.66 Å². The molecule has 0 bridgehead atoms. The third-order valence-corrected chi connectivity index (χ3v) is 4.20. The summed E-state index contributed by atoms with van der Waals surface area (Å²) in [7, 11) is 0. The van der Waals surface area contributed by atoms with Gasteiger partial charge in [0, 0.05) is 0 Å². The summed E-state index contributed by atoms with van der Waals surface area (Å²) in [5.74, 6) is 0.436. The predicted octanol–water partition coefficient (Wildman–Crippen LogP) is 2.49. The summed E-state index contributed by atoms with van der Waals surface area (Å²) in [6, 6.07) is 0. The maximum absolute atomic E-state index is 9.49. The average molecular weight is 342 g/mol. The van der Waals surface area contributed by atoms with Crippen molar-refractivity contribution in [3.05, 3.63) is 0 Å². The zero-order chi connectivity index (χ0) is 18.0. The molecule has 0 amide bonds. The van der Waals surface area contributed by atoms with Crippen LogP contribution in [0.5, 0.6) is 0 Å². The lowest BCUT2D eigenvalue weighted by Crippen LogP contribution is -2.53. The Morgan fingerprint density at radius 3 is 2.25 bits per heavy atom. The molecule has 0 aromatic heterocycles. The molecule has 7 nitrogen and oxygen atoms in total. The predicted molar refractivity (Wildman–Crippen MR) is 98.3 cm³/mol. The third-order valence-electron chi connectivity index (χ3n) is 4.20. The Bertz CT molecular complexity index is 423. The minimum Gasteiger partial charge on any atom is -0.393 e. The van der Waals surface area contributed by atoms with Crippen LogP contribution >= 0.6 is 0 Å². The summed E-state index contributed by atoms with van der Waals surface area (Å²) < 4.78 is 0. The van der Waals surface area contributed by atoms with Crippen LogP contribution in [0.25, 0.3) is 0 Å². The van der Waals surface area contributed by atoms with Gasteiger partial charge >= 0.3 is 0 Å². The number of guanidine groups is 2. The molecular formula is C17H35N5O2. The van der Waals surface area contributed by atoms with E-state index in [2.05, 4.69) is 9.98 Å². The number of aliphatic hydroxyl groups is 1. The first-order valence-electron chi connectivity index (χ1n) is 9.17. The van der Waals surface area contributed by atoms with Crippen molar-refractivity contribution in [2.24, 2.45) is 21.5 Å². The van der Waals surface area contributed by atoms with Crippen LogP contribution in [-0.4, -0.2) is 40.5 Å². The molecule has 1 unspecified atom stereocenters. The summed E-state index contributed by atoms with van der Waals surface area (Å²) in [5, 5.41) is 11.0. The molecule has 0 spiro atoms. The molecule has 0 radical (unpaired) electrons. The van der Waals surface area contributed by atoms with Gasteiger partial charge < -0.3 is 16.6 Å². The molecule has 140 valence electrons. The van der Waals surface area contributed by atoms with Crippen LogP contribution in [0.2, 0.25) is 0 Å². The smallest absolute Gasteiger partial charge is 0.226 e. The van der Waals surface area contributed by atoms with Crippen molar-refractivity contribution >= 4 is 11.9 Å². The molecule has 5 N–H and O–H groups in total. The number of hydrogen-bond acceptors (Lipinski definition) is 7. The molecule has 24 heavy (non-hydrogen) atoms. The van der Waals surface area contributed by atoms with Crippen LogP contribution in [0.3, 0.4) is 0 Å². The maximum Gasteiger partial charge on any atom is 0.226 e. The van der Waals surface area contributed by atoms with Crippen LogP contribution in [0.4, 0.5) is 0 Å². The Hall–Kier alpha value is -1.34. The average Bonchev–Trinajstić information content (AvgIpc) is 2.50. The lowest BCUT2D eigenvalue weighted by Gasteiger charge is -2.36. The number of aliphatic imine (C=N–C) groups is 2. The zero-order valence-corrected chi connectivity index (χ0v) is 15.5. The topological polar surface area (TPSA) is 109 Å². The number of hydroxylamine groups is 2. The van der Waals surface area contributed by atoms with Crippen molar-refractivity contribution in [1.29, 1.82) is 0 Å². The van der Waals surface area contributed by atoms with Crippen molar-refractivity contribution in [1.82, 2.24) is 5.06 Å². The lowest BCUT2D eigenvalue weighted by molar-refractivity contribution is -0.157.